The molecule has 2 unspecified atom stereocenters. The maximum absolute atomic E-state index is 5.77. The van der Waals surface area contributed by atoms with E-state index in [-0.39, 0.29) is 6.10 Å². The number of halogens is 1. The lowest BCUT2D eigenvalue weighted by Gasteiger charge is -2.38. The van der Waals surface area contributed by atoms with Gasteiger partial charge in [-0.1, -0.05) is 15.9 Å². The number of nitrogens with zero attached hydrogens (tertiary/aromatic N) is 4. The van der Waals surface area contributed by atoms with E-state index < -0.39 is 0 Å². The third-order valence-electron chi connectivity index (χ3n) is 3.44. The smallest absolute Gasteiger partial charge is 0.155 e. The third kappa shape index (κ3) is 2.34. The molecule has 3 rings (SSSR count). The van der Waals surface area contributed by atoms with Crippen LogP contribution in [-0.4, -0.2) is 45.2 Å². The van der Waals surface area contributed by atoms with Crippen molar-refractivity contribution in [3.05, 3.63) is 24.2 Å². The lowest BCUT2D eigenvalue weighted by Crippen LogP contribution is -2.49. The van der Waals surface area contributed by atoms with Gasteiger partial charge in [0.25, 0.3) is 0 Å². The Kier molecular flexibility index (Phi) is 3.45. The summed E-state index contributed by atoms with van der Waals surface area (Å²) in [6.45, 7) is 5.75. The Morgan fingerprint density at radius 2 is 2.37 bits per heavy atom. The summed E-state index contributed by atoms with van der Waals surface area (Å²) in [6.07, 6.45) is 3.90. The summed E-state index contributed by atoms with van der Waals surface area (Å²) >= 11 is 3.50. The molecule has 0 amide bonds. The zero-order chi connectivity index (χ0) is 13.4. The molecule has 2 aromatic heterocycles. The molecule has 3 heterocycles. The van der Waals surface area contributed by atoms with E-state index in [0.717, 1.165) is 35.5 Å². The highest BCUT2D eigenvalue weighted by Crippen LogP contribution is 2.25. The topological polar surface area (TPSA) is 42.7 Å². The first-order valence-corrected chi connectivity index (χ1v) is 7.56. The summed E-state index contributed by atoms with van der Waals surface area (Å²) in [6, 6.07) is 2.40. The molecule has 0 radical (unpaired) electrons. The Balaban J connectivity index is 2.02. The molecule has 19 heavy (non-hydrogen) atoms. The van der Waals surface area contributed by atoms with Gasteiger partial charge in [0.05, 0.1) is 24.4 Å². The maximum atomic E-state index is 5.77. The number of morpholine rings is 1. The molecule has 0 aliphatic carbocycles. The molecule has 1 fully saturated rings. The van der Waals surface area contributed by atoms with Crippen LogP contribution in [0.5, 0.6) is 0 Å². The minimum atomic E-state index is 0.210. The molecule has 0 spiro atoms. The Hall–Kier alpha value is -1.14. The Morgan fingerprint density at radius 1 is 1.53 bits per heavy atom. The molecular weight excluding hydrogens is 308 g/mol. The van der Waals surface area contributed by atoms with Crippen LogP contribution < -0.4 is 4.90 Å². The zero-order valence-electron chi connectivity index (χ0n) is 11.1. The Morgan fingerprint density at radius 3 is 3.16 bits per heavy atom. The normalized spacial score (nSPS) is 24.1. The molecular formula is C13H17BrN4O. The van der Waals surface area contributed by atoms with E-state index in [1.807, 2.05) is 17.6 Å². The summed E-state index contributed by atoms with van der Waals surface area (Å²) in [5.41, 5.74) is 2.06. The molecule has 1 saturated heterocycles. The fourth-order valence-corrected chi connectivity index (χ4v) is 2.85. The highest BCUT2D eigenvalue weighted by molar-refractivity contribution is 9.09. The number of aryl methyl sites for hydroxylation is 1. The van der Waals surface area contributed by atoms with Crippen molar-refractivity contribution in [2.75, 3.05) is 23.4 Å². The molecule has 2 aromatic rings. The lowest BCUT2D eigenvalue weighted by molar-refractivity contribution is 0.0377. The summed E-state index contributed by atoms with van der Waals surface area (Å²) in [4.78, 5) is 6.87. The van der Waals surface area contributed by atoms with E-state index in [1.54, 1.807) is 6.20 Å². The predicted octanol–water partition coefficient (Wildman–Crippen LogP) is 2.03. The average Bonchev–Trinajstić information content (AvgIpc) is 2.79. The van der Waals surface area contributed by atoms with E-state index in [9.17, 15) is 0 Å². The number of fused-ring (bicyclic) bond motifs is 1. The molecule has 1 aliphatic rings. The highest BCUT2D eigenvalue weighted by Gasteiger charge is 2.27. The quantitative estimate of drug-likeness (QED) is 0.793. The zero-order valence-corrected chi connectivity index (χ0v) is 12.7. The van der Waals surface area contributed by atoms with Crippen molar-refractivity contribution in [2.45, 2.75) is 26.0 Å². The van der Waals surface area contributed by atoms with E-state index in [2.05, 4.69) is 43.9 Å². The van der Waals surface area contributed by atoms with Crippen molar-refractivity contribution < 1.29 is 4.74 Å². The fourth-order valence-electron chi connectivity index (χ4n) is 2.46. The number of hydrogen-bond donors (Lipinski definition) is 0. The van der Waals surface area contributed by atoms with E-state index in [1.165, 1.54) is 0 Å². The van der Waals surface area contributed by atoms with Gasteiger partial charge >= 0.3 is 0 Å². The number of alkyl halides is 1. The Bertz CT molecular complexity index is 585. The van der Waals surface area contributed by atoms with Gasteiger partial charge in [-0.3, -0.25) is 0 Å². The van der Waals surface area contributed by atoms with Gasteiger partial charge in [0, 0.05) is 24.3 Å². The monoisotopic (exact) mass is 324 g/mol. The summed E-state index contributed by atoms with van der Waals surface area (Å²) in [7, 11) is 0. The van der Waals surface area contributed by atoms with Crippen LogP contribution in [0.4, 0.5) is 5.82 Å². The third-order valence-corrected chi connectivity index (χ3v) is 4.16. The van der Waals surface area contributed by atoms with E-state index in [4.69, 9.17) is 4.74 Å². The molecule has 0 N–H and O–H groups in total. The number of rotatable bonds is 2. The van der Waals surface area contributed by atoms with Crippen molar-refractivity contribution in [3.63, 3.8) is 0 Å². The molecule has 0 bridgehead atoms. The first-order chi connectivity index (χ1) is 9.19. The van der Waals surface area contributed by atoms with Crippen LogP contribution >= 0.6 is 15.9 Å². The minimum absolute atomic E-state index is 0.210. The first kappa shape index (κ1) is 12.9. The SMILES string of the molecule is Cc1cc2c(N3CC(CBr)OCC3C)nccn2n1. The van der Waals surface area contributed by atoms with Gasteiger partial charge in [-0.15, -0.1) is 0 Å². The van der Waals surface area contributed by atoms with E-state index >= 15 is 0 Å². The van der Waals surface area contributed by atoms with Gasteiger partial charge in [-0.2, -0.15) is 5.10 Å². The second kappa shape index (κ2) is 5.09. The van der Waals surface area contributed by atoms with E-state index in [0.29, 0.717) is 6.04 Å². The fraction of sp³-hybridized carbons (Fsp3) is 0.538. The van der Waals surface area contributed by atoms with Gasteiger partial charge in [0.2, 0.25) is 0 Å². The van der Waals surface area contributed by atoms with Crippen molar-refractivity contribution in [1.29, 1.82) is 0 Å². The molecule has 6 heteroatoms. The van der Waals surface area contributed by atoms with Crippen molar-refractivity contribution in [2.24, 2.45) is 0 Å². The largest absolute Gasteiger partial charge is 0.373 e. The standard InChI is InChI=1S/C13H17BrN4O/c1-9-5-12-13(15-3-4-18(12)16-9)17-7-11(6-14)19-8-10(17)2/h3-5,10-11H,6-8H2,1-2H3. The van der Waals surface area contributed by atoms with Crippen LogP contribution in [0, 0.1) is 6.92 Å². The Labute approximate surface area is 120 Å². The molecule has 1 aliphatic heterocycles. The second-order valence-electron chi connectivity index (χ2n) is 4.98. The summed E-state index contributed by atoms with van der Waals surface area (Å²) in [5, 5.41) is 5.29. The second-order valence-corrected chi connectivity index (χ2v) is 5.62. The van der Waals surface area contributed by atoms with Crippen molar-refractivity contribution >= 4 is 27.3 Å². The maximum Gasteiger partial charge on any atom is 0.155 e. The van der Waals surface area contributed by atoms with Gasteiger partial charge in [-0.05, 0) is 19.9 Å². The number of ether oxygens (including phenoxy) is 1. The number of anilines is 1. The van der Waals surface area contributed by atoms with Crippen LogP contribution in [0.1, 0.15) is 12.6 Å². The van der Waals surface area contributed by atoms with Crippen LogP contribution in [-0.2, 0) is 4.74 Å². The van der Waals surface area contributed by atoms with Gasteiger partial charge in [-0.25, -0.2) is 9.50 Å². The summed E-state index contributed by atoms with van der Waals surface area (Å²) < 4.78 is 7.66. The van der Waals surface area contributed by atoms with Gasteiger partial charge in [0.15, 0.2) is 5.82 Å². The summed E-state index contributed by atoms with van der Waals surface area (Å²) in [5.74, 6) is 0.991. The predicted molar refractivity (Wildman–Crippen MR) is 78.1 cm³/mol. The average molecular weight is 325 g/mol. The van der Waals surface area contributed by atoms with Gasteiger partial charge in [0.1, 0.15) is 5.52 Å². The molecule has 0 aromatic carbocycles. The first-order valence-electron chi connectivity index (χ1n) is 6.44. The number of aromatic nitrogens is 3. The molecule has 5 nitrogen and oxygen atoms in total. The molecule has 0 saturated carbocycles. The lowest BCUT2D eigenvalue weighted by atomic mass is 10.2. The van der Waals surface area contributed by atoms with Crippen LogP contribution in [0.15, 0.2) is 18.5 Å². The minimum Gasteiger partial charge on any atom is -0.373 e. The molecule has 102 valence electrons. The number of hydrogen-bond acceptors (Lipinski definition) is 4. The van der Waals surface area contributed by atoms with Crippen molar-refractivity contribution in [1.82, 2.24) is 14.6 Å². The van der Waals surface area contributed by atoms with Crippen LogP contribution in [0.25, 0.3) is 5.52 Å². The highest BCUT2D eigenvalue weighted by atomic mass is 79.9. The van der Waals surface area contributed by atoms with Crippen molar-refractivity contribution in [3.8, 4) is 0 Å². The van der Waals surface area contributed by atoms with Crippen LogP contribution in [0.3, 0.4) is 0 Å². The van der Waals surface area contributed by atoms with Gasteiger partial charge < -0.3 is 9.64 Å². The van der Waals surface area contributed by atoms with Crippen LogP contribution in [0.2, 0.25) is 0 Å². The molecule has 2 atom stereocenters.